The molecule has 24 nitrogen and oxygen atoms in total. The van der Waals surface area contributed by atoms with Gasteiger partial charge in [-0.1, -0.05) is 157 Å². The summed E-state index contributed by atoms with van der Waals surface area (Å²) >= 11 is 0. The summed E-state index contributed by atoms with van der Waals surface area (Å²) in [6.45, 7) is 16.0. The van der Waals surface area contributed by atoms with E-state index in [0.717, 1.165) is 191 Å². The maximum atomic E-state index is 14.5. The second kappa shape index (κ2) is 61.8. The fraction of sp³-hybridized carbons (Fsp3) is 0.368. The van der Waals surface area contributed by atoms with Gasteiger partial charge in [0.1, 0.15) is 109 Å². The summed E-state index contributed by atoms with van der Waals surface area (Å²) in [6, 6.07) is 51.3. The number of benzene rings is 10. The molecule has 24 heteroatoms. The van der Waals surface area contributed by atoms with Crippen molar-refractivity contribution in [3.8, 4) is 103 Å². The Hall–Kier alpha value is -14.2. The molecule has 0 N–H and O–H groups in total. The van der Waals surface area contributed by atoms with E-state index >= 15 is 0 Å². The van der Waals surface area contributed by atoms with E-state index in [-0.39, 0.29) is 106 Å². The number of hydrogen-bond acceptors (Lipinski definition) is 24. The average molecular weight is 1890 g/mol. The molecule has 10 rings (SSSR count). The lowest BCUT2D eigenvalue weighted by molar-refractivity contribution is -0.131. The van der Waals surface area contributed by atoms with Crippen molar-refractivity contribution in [3.63, 3.8) is 0 Å². The first-order chi connectivity index (χ1) is 67.7. The number of rotatable bonds is 66. The molecule has 0 aliphatic carbocycles. The van der Waals surface area contributed by atoms with E-state index in [4.69, 9.17) is 85.3 Å². The standard InChI is InChI=1S/C114H132O24/c1-7-13-19-25-67-121-85-43-55-91(56-44-85)127-73-31-37-109(115)133-103-79-97-98(80-104(103)134-110(116)38-32-74-128-92-57-45-86(46-58-92)122-68-26-20-14-8-2)100-82-106(136-112(118)40-34-76-130-94-61-49-88(50-62-94)124-70-28-22-16-10-4)108(138-114(120)42-36-78-132-96-65-53-90(54-66-96)126-72-30-24-18-12-6)84-102(100)101-83-107(137-113(119)41-35-77-131-95-63-51-89(52-64-95)125-71-29-23-17-11-5)105(81-99(97)101)135-111(117)39-33-75-129-93-59-47-87(48-60-93)123-69-27-21-15-9-3/h31-66,79-84H,7-30,67-78H2,1-6H3. The van der Waals surface area contributed by atoms with Gasteiger partial charge in [-0.25, -0.2) is 28.8 Å². The molecule has 0 aliphatic rings. The first-order valence-corrected chi connectivity index (χ1v) is 48.7. The van der Waals surface area contributed by atoms with Crippen LogP contribution in [-0.4, -0.2) is 115 Å². The number of ether oxygens (including phenoxy) is 18. The molecule has 0 radical (unpaired) electrons. The molecule has 0 saturated heterocycles. The van der Waals surface area contributed by atoms with Gasteiger partial charge < -0.3 is 85.3 Å². The summed E-state index contributed by atoms with van der Waals surface area (Å²) in [5, 5.41) is 1.29. The van der Waals surface area contributed by atoms with Crippen molar-refractivity contribution < 1.29 is 114 Å². The van der Waals surface area contributed by atoms with Gasteiger partial charge in [0.2, 0.25) is 0 Å². The molecule has 0 atom stereocenters. The van der Waals surface area contributed by atoms with Gasteiger partial charge in [-0.2, -0.15) is 0 Å². The first-order valence-electron chi connectivity index (χ1n) is 48.7. The van der Waals surface area contributed by atoms with Crippen LogP contribution in [0.3, 0.4) is 0 Å². The van der Waals surface area contributed by atoms with Crippen molar-refractivity contribution in [1.29, 1.82) is 0 Å². The van der Waals surface area contributed by atoms with Crippen LogP contribution in [0.2, 0.25) is 0 Å². The van der Waals surface area contributed by atoms with Crippen molar-refractivity contribution in [3.05, 3.63) is 255 Å². The highest BCUT2D eigenvalue weighted by atomic mass is 16.6. The normalized spacial score (nSPS) is 11.4. The lowest BCUT2D eigenvalue weighted by Crippen LogP contribution is -2.11. The average Bonchev–Trinajstić information content (AvgIpc) is 0.721. The van der Waals surface area contributed by atoms with E-state index in [1.165, 1.54) is 72.9 Å². The summed E-state index contributed by atoms with van der Waals surface area (Å²) in [5.41, 5.74) is 0. The van der Waals surface area contributed by atoms with Gasteiger partial charge in [0.15, 0.2) is 34.5 Å². The Bertz CT molecular complexity index is 4650. The Balaban J connectivity index is 1.06. The van der Waals surface area contributed by atoms with Crippen LogP contribution in [0.5, 0.6) is 103 Å². The maximum absolute atomic E-state index is 14.5. The maximum Gasteiger partial charge on any atom is 0.336 e. The summed E-state index contributed by atoms with van der Waals surface area (Å²) < 4.78 is 109. The van der Waals surface area contributed by atoms with E-state index in [1.807, 2.05) is 0 Å². The van der Waals surface area contributed by atoms with Crippen LogP contribution in [0.4, 0.5) is 0 Å². The van der Waals surface area contributed by atoms with Gasteiger partial charge in [-0.05, 0) is 289 Å². The minimum absolute atomic E-state index is 0.0765. The van der Waals surface area contributed by atoms with Gasteiger partial charge in [-0.15, -0.1) is 0 Å². The Morgan fingerprint density at radius 3 is 0.420 bits per heavy atom. The second-order valence-corrected chi connectivity index (χ2v) is 32.6. The van der Waals surface area contributed by atoms with Crippen LogP contribution in [0, 0.1) is 0 Å². The van der Waals surface area contributed by atoms with Gasteiger partial charge in [-0.3, -0.25) is 0 Å². The molecule has 0 fully saturated rings. The zero-order valence-corrected chi connectivity index (χ0v) is 80.5. The smallest absolute Gasteiger partial charge is 0.336 e. The van der Waals surface area contributed by atoms with Crippen molar-refractivity contribution in [1.82, 2.24) is 0 Å². The Morgan fingerprint density at radius 1 is 0.174 bits per heavy atom. The highest BCUT2D eigenvalue weighted by Crippen LogP contribution is 2.48. The zero-order chi connectivity index (χ0) is 97.2. The molecule has 0 heterocycles. The highest BCUT2D eigenvalue weighted by molar-refractivity contribution is 6.27. The monoisotopic (exact) mass is 1880 g/mol. The molecule has 138 heavy (non-hydrogen) atoms. The third kappa shape index (κ3) is 38.9. The molecular weight excluding hydrogens is 1750 g/mol. The number of carbonyl (C=O) groups excluding carboxylic acids is 6. The van der Waals surface area contributed by atoms with E-state index in [9.17, 15) is 28.8 Å². The SMILES string of the molecule is CCCCCCOc1ccc(OCC=CC(=O)Oc2cc3c4cc(OC(=O)C=CCOc5ccc(OCCCCCC)cc5)c(OC(=O)C=CCOc5ccc(OCCCCCC)cc5)cc4c4cc(OC(=O)C=CCOc5ccc(OCCCCCC)cc5)c(OC(=O)C=CCOc5ccc(OCCCCCC)cc5)cc4c3cc2OC(=O)C=CCOc2ccc(OCCCCCC)cc2)cc1. The summed E-state index contributed by atoms with van der Waals surface area (Å²) in [7, 11) is 0. The number of fused-ring (bicyclic) bond motifs is 6. The van der Waals surface area contributed by atoms with Crippen LogP contribution < -0.4 is 85.3 Å². The number of hydrogen-bond donors (Lipinski definition) is 0. The van der Waals surface area contributed by atoms with E-state index in [0.29, 0.717) is 109 Å². The Labute approximate surface area is 811 Å². The largest absolute Gasteiger partial charge is 0.494 e. The van der Waals surface area contributed by atoms with Gasteiger partial charge in [0.05, 0.1) is 39.6 Å². The molecule has 10 aromatic carbocycles. The molecule has 0 unspecified atom stereocenters. The summed E-state index contributed by atoms with van der Waals surface area (Å²) in [6.07, 6.45) is 41.0. The van der Waals surface area contributed by atoms with E-state index in [1.54, 1.807) is 146 Å². The molecule has 0 aromatic heterocycles. The van der Waals surface area contributed by atoms with Gasteiger partial charge in [0, 0.05) is 36.5 Å². The molecule has 732 valence electrons. The van der Waals surface area contributed by atoms with Crippen LogP contribution in [-0.2, 0) is 28.8 Å². The fourth-order valence-electron chi connectivity index (χ4n) is 14.2. The van der Waals surface area contributed by atoms with Crippen LogP contribution in [0.25, 0.3) is 32.3 Å². The predicted molar refractivity (Wildman–Crippen MR) is 537 cm³/mol. The lowest BCUT2D eigenvalue weighted by Gasteiger charge is -2.18. The fourth-order valence-corrected chi connectivity index (χ4v) is 14.2. The predicted octanol–water partition coefficient (Wildman–Crippen LogP) is 26.1. The molecular formula is C114H132O24. The highest BCUT2D eigenvalue weighted by Gasteiger charge is 2.25. The zero-order valence-electron chi connectivity index (χ0n) is 80.5. The Morgan fingerprint density at radius 2 is 0.297 bits per heavy atom. The molecule has 0 amide bonds. The first kappa shape index (κ1) is 106. The number of carbonyl (C=O) groups is 6. The van der Waals surface area contributed by atoms with Crippen molar-refractivity contribution in [2.75, 3.05) is 79.3 Å². The molecule has 0 aliphatic heterocycles. The topological polar surface area (TPSA) is 269 Å². The molecule has 10 aromatic rings. The van der Waals surface area contributed by atoms with Crippen molar-refractivity contribution in [2.24, 2.45) is 0 Å². The third-order valence-electron chi connectivity index (χ3n) is 21.5. The second-order valence-electron chi connectivity index (χ2n) is 32.6. The summed E-state index contributed by atoms with van der Waals surface area (Å²) in [4.78, 5) is 86.7. The van der Waals surface area contributed by atoms with Crippen LogP contribution in [0.1, 0.15) is 196 Å². The molecule has 0 saturated carbocycles. The molecule has 0 spiro atoms. The Kier molecular flexibility index (Phi) is 47.4. The van der Waals surface area contributed by atoms with Crippen LogP contribution >= 0.6 is 0 Å². The number of unbranched alkanes of at least 4 members (excludes halogenated alkanes) is 18. The lowest BCUT2D eigenvalue weighted by atomic mass is 9.93. The van der Waals surface area contributed by atoms with E-state index < -0.39 is 35.8 Å². The van der Waals surface area contributed by atoms with Crippen molar-refractivity contribution in [2.45, 2.75) is 196 Å². The van der Waals surface area contributed by atoms with E-state index in [2.05, 4.69) is 41.5 Å². The van der Waals surface area contributed by atoms with Gasteiger partial charge in [0.25, 0.3) is 0 Å². The quantitative estimate of drug-likeness (QED) is 0.0113. The van der Waals surface area contributed by atoms with Crippen molar-refractivity contribution >= 4 is 68.1 Å². The van der Waals surface area contributed by atoms with Gasteiger partial charge >= 0.3 is 35.8 Å². The minimum atomic E-state index is -0.930. The summed E-state index contributed by atoms with van der Waals surface area (Å²) in [5.74, 6) is -0.249. The third-order valence-corrected chi connectivity index (χ3v) is 21.5. The number of esters is 6. The minimum Gasteiger partial charge on any atom is -0.494 e. The van der Waals surface area contributed by atoms with Crippen LogP contribution in [0.15, 0.2) is 255 Å². The molecule has 0 bridgehead atoms.